The van der Waals surface area contributed by atoms with Gasteiger partial charge in [0.2, 0.25) is 0 Å². The number of hydrogen-bond acceptors (Lipinski definition) is 3. The highest BCUT2D eigenvalue weighted by Gasteiger charge is 2.33. The fraction of sp³-hybridized carbons (Fsp3) is 0.500. The van der Waals surface area contributed by atoms with E-state index in [1.807, 2.05) is 12.1 Å². The summed E-state index contributed by atoms with van der Waals surface area (Å²) in [7, 11) is -1.20. The van der Waals surface area contributed by atoms with Crippen LogP contribution in [0.3, 0.4) is 0 Å². The molecule has 0 heterocycles. The number of rotatable bonds is 4. The van der Waals surface area contributed by atoms with Crippen molar-refractivity contribution >= 4 is 22.2 Å². The second-order valence-corrected chi connectivity index (χ2v) is 9.40. The van der Waals surface area contributed by atoms with Crippen molar-refractivity contribution in [1.82, 2.24) is 0 Å². The van der Waals surface area contributed by atoms with Crippen LogP contribution < -0.4 is 9.92 Å². The van der Waals surface area contributed by atoms with Gasteiger partial charge in [-0.05, 0) is 45.2 Å². The zero-order valence-corrected chi connectivity index (χ0v) is 12.7. The van der Waals surface area contributed by atoms with E-state index in [1.54, 1.807) is 6.07 Å². The van der Waals surface area contributed by atoms with E-state index in [-0.39, 0.29) is 4.75 Å². The van der Waals surface area contributed by atoms with Crippen LogP contribution in [-0.4, -0.2) is 23.0 Å². The number of benzene rings is 1. The van der Waals surface area contributed by atoms with Crippen LogP contribution >= 0.6 is 10.3 Å². The lowest BCUT2D eigenvalue weighted by molar-refractivity contribution is 0.581. The second kappa shape index (κ2) is 5.22. The topological polar surface area (TPSA) is 59.1 Å². The highest BCUT2D eigenvalue weighted by Crippen LogP contribution is 2.56. The van der Waals surface area contributed by atoms with E-state index in [4.69, 9.17) is 15.3 Å². The van der Waals surface area contributed by atoms with E-state index in [0.717, 1.165) is 11.5 Å². The Kier molecular flexibility index (Phi) is 4.32. The zero-order chi connectivity index (χ0) is 14.0. The van der Waals surface area contributed by atoms with Gasteiger partial charge in [-0.3, -0.25) is 0 Å². The van der Waals surface area contributed by atoms with Crippen LogP contribution in [0.2, 0.25) is 0 Å². The van der Waals surface area contributed by atoms with Crippen molar-refractivity contribution in [2.45, 2.75) is 32.4 Å². The van der Waals surface area contributed by atoms with Gasteiger partial charge < -0.3 is 15.3 Å². The van der Waals surface area contributed by atoms with E-state index in [9.17, 15) is 0 Å². The predicted molar refractivity (Wildman–Crippen MR) is 83.2 cm³/mol. The summed E-state index contributed by atoms with van der Waals surface area (Å²) in [4.78, 5) is 0. The first-order valence-corrected chi connectivity index (χ1v) is 8.22. The van der Waals surface area contributed by atoms with Crippen LogP contribution in [0.15, 0.2) is 18.2 Å². The normalized spacial score (nSPS) is 16.7. The van der Waals surface area contributed by atoms with Crippen LogP contribution in [0, 0.1) is 5.41 Å². The Morgan fingerprint density at radius 1 is 1.39 bits per heavy atom. The summed E-state index contributed by atoms with van der Waals surface area (Å²) in [5.74, 6) is 1.80. The van der Waals surface area contributed by atoms with Gasteiger partial charge in [0, 0.05) is 28.0 Å². The van der Waals surface area contributed by atoms with E-state index >= 15 is 0 Å². The van der Waals surface area contributed by atoms with Crippen molar-refractivity contribution in [3.63, 3.8) is 0 Å². The van der Waals surface area contributed by atoms with Crippen LogP contribution in [0.25, 0.3) is 0 Å². The molecule has 0 saturated carbocycles. The average molecular weight is 268 g/mol. The van der Waals surface area contributed by atoms with Crippen molar-refractivity contribution in [2.24, 2.45) is 0 Å². The maximum absolute atomic E-state index is 7.33. The van der Waals surface area contributed by atoms with Crippen LogP contribution in [-0.2, 0) is 0 Å². The first-order valence-electron chi connectivity index (χ1n) is 6.08. The predicted octanol–water partition coefficient (Wildman–Crippen LogP) is 3.81. The molecule has 3 N–H and O–H groups in total. The fourth-order valence-electron chi connectivity index (χ4n) is 1.56. The van der Waals surface area contributed by atoms with Gasteiger partial charge in [-0.25, -0.2) is 0 Å². The summed E-state index contributed by atoms with van der Waals surface area (Å²) in [5, 5.41) is 7.33. The van der Waals surface area contributed by atoms with Crippen molar-refractivity contribution in [3.05, 3.63) is 23.8 Å². The lowest BCUT2D eigenvalue weighted by Crippen LogP contribution is -2.29. The summed E-state index contributed by atoms with van der Waals surface area (Å²) in [5.41, 5.74) is 7.10. The summed E-state index contributed by atoms with van der Waals surface area (Å²) < 4.78 is 6.36. The maximum atomic E-state index is 7.33. The number of hydrogen-bond donors (Lipinski definition) is 2. The molecule has 0 fully saturated rings. The van der Waals surface area contributed by atoms with E-state index in [1.165, 1.54) is 6.21 Å². The molecule has 0 amide bonds. The van der Waals surface area contributed by atoms with Gasteiger partial charge in [-0.2, -0.15) is 0 Å². The third-order valence-electron chi connectivity index (χ3n) is 3.34. The van der Waals surface area contributed by atoms with E-state index in [2.05, 4.69) is 34.0 Å². The Morgan fingerprint density at radius 3 is 2.44 bits per heavy atom. The third kappa shape index (κ3) is 2.99. The summed E-state index contributed by atoms with van der Waals surface area (Å²) >= 11 is 0. The van der Waals surface area contributed by atoms with E-state index < -0.39 is 10.3 Å². The van der Waals surface area contributed by atoms with Crippen molar-refractivity contribution in [2.75, 3.05) is 17.7 Å². The molecule has 18 heavy (non-hydrogen) atoms. The molecule has 1 aromatic rings. The molecule has 0 bridgehead atoms. The quantitative estimate of drug-likeness (QED) is 0.644. The highest BCUT2D eigenvalue weighted by molar-refractivity contribution is 8.30. The molecule has 0 aliphatic carbocycles. The van der Waals surface area contributed by atoms with Crippen molar-refractivity contribution in [1.29, 1.82) is 5.41 Å². The molecule has 0 spiro atoms. The van der Waals surface area contributed by atoms with Crippen LogP contribution in [0.1, 0.15) is 33.3 Å². The number of nitrogen functional groups attached to an aromatic ring is 1. The van der Waals surface area contributed by atoms with Gasteiger partial charge >= 0.3 is 0 Å². The van der Waals surface area contributed by atoms with Crippen molar-refractivity contribution < 1.29 is 4.18 Å². The lowest BCUT2D eigenvalue weighted by Gasteiger charge is -2.46. The molecule has 0 aliphatic heterocycles. The Bertz CT molecular complexity index is 440. The van der Waals surface area contributed by atoms with Gasteiger partial charge in [-0.15, -0.1) is 0 Å². The average Bonchev–Trinajstić information content (AvgIpc) is 2.30. The molecule has 4 heteroatoms. The van der Waals surface area contributed by atoms with Gasteiger partial charge in [0.25, 0.3) is 0 Å². The molecule has 1 aromatic carbocycles. The summed E-state index contributed by atoms with van der Waals surface area (Å²) in [6.45, 7) is 8.79. The molecule has 1 atom stereocenters. The molecule has 0 radical (unpaired) electrons. The Labute approximate surface area is 112 Å². The lowest BCUT2D eigenvalue weighted by atomic mass is 10.2. The Hall–Kier alpha value is -1.16. The monoisotopic (exact) mass is 268 g/mol. The molecule has 0 aromatic heterocycles. The highest BCUT2D eigenvalue weighted by atomic mass is 32.3. The smallest absolute Gasteiger partial charge is 0.135 e. The van der Waals surface area contributed by atoms with E-state index in [0.29, 0.717) is 11.3 Å². The number of nitrogens with one attached hydrogen (secondary N) is 1. The first-order chi connectivity index (χ1) is 8.23. The van der Waals surface area contributed by atoms with Crippen molar-refractivity contribution in [3.8, 4) is 5.75 Å². The second-order valence-electron chi connectivity index (χ2n) is 5.42. The van der Waals surface area contributed by atoms with Gasteiger partial charge in [-0.1, -0.05) is 17.2 Å². The summed E-state index contributed by atoms with van der Waals surface area (Å²) in [6, 6.07) is 5.53. The Balaban J connectivity index is 3.06. The van der Waals surface area contributed by atoms with Gasteiger partial charge in [0.15, 0.2) is 0 Å². The number of anilines is 1. The fourth-order valence-corrected chi connectivity index (χ4v) is 3.32. The molecule has 1 rings (SSSR count). The minimum atomic E-state index is -1.20. The third-order valence-corrected chi connectivity index (χ3v) is 7.59. The maximum Gasteiger partial charge on any atom is 0.135 e. The first kappa shape index (κ1) is 14.9. The van der Waals surface area contributed by atoms with Gasteiger partial charge in [0.1, 0.15) is 5.75 Å². The SMILES string of the molecule is CCS(C)(Oc1ccc(N)c(C=N)c1)C(C)(C)C. The zero-order valence-electron chi connectivity index (χ0n) is 11.9. The largest absolute Gasteiger partial charge is 0.449 e. The Morgan fingerprint density at radius 2 is 2.00 bits per heavy atom. The molecule has 1 unspecified atom stereocenters. The molecular weight excluding hydrogens is 244 g/mol. The van der Waals surface area contributed by atoms with Gasteiger partial charge in [0.05, 0.1) is 0 Å². The molecule has 0 aliphatic rings. The molecular formula is C14H24N2OS. The molecule has 102 valence electrons. The van der Waals surface area contributed by atoms with Crippen LogP contribution in [0.5, 0.6) is 5.75 Å². The molecule has 3 nitrogen and oxygen atoms in total. The molecule has 0 saturated heterocycles. The van der Waals surface area contributed by atoms with Crippen LogP contribution in [0.4, 0.5) is 5.69 Å². The minimum Gasteiger partial charge on any atom is -0.449 e. The minimum absolute atomic E-state index is 0.119. The standard InChI is InChI=1S/C14H24N2OS/c1-6-18(5,14(2,3)4)17-12-7-8-13(16)11(9-12)10-15/h7-10,15H,6,16H2,1-5H3. The number of nitrogens with two attached hydrogens (primary N) is 1. The summed E-state index contributed by atoms with van der Waals surface area (Å²) in [6.07, 6.45) is 3.46.